The fraction of sp³-hybridized carbons (Fsp3) is 0.421. The van der Waals surface area contributed by atoms with Crippen LogP contribution in [0.15, 0.2) is 35.0 Å². The fourth-order valence-electron chi connectivity index (χ4n) is 3.32. The number of nitrogens with zero attached hydrogens (tertiary/aromatic N) is 1. The molecule has 1 aliphatic rings. The van der Waals surface area contributed by atoms with Crippen LogP contribution < -0.4 is 9.47 Å². The number of aryl methyl sites for hydroxylation is 1. The molecule has 0 radical (unpaired) electrons. The van der Waals surface area contributed by atoms with Crippen molar-refractivity contribution in [1.82, 2.24) is 4.90 Å². The number of hydrogen-bond acceptors (Lipinski definition) is 4. The summed E-state index contributed by atoms with van der Waals surface area (Å²) in [4.78, 5) is 14.7. The number of carbonyl (C=O) groups excluding carboxylic acids is 1. The van der Waals surface area contributed by atoms with Crippen molar-refractivity contribution in [2.45, 2.75) is 31.7 Å². The van der Waals surface area contributed by atoms with E-state index in [9.17, 15) is 4.79 Å². The van der Waals surface area contributed by atoms with Gasteiger partial charge in [-0.1, -0.05) is 0 Å². The maximum Gasteiger partial charge on any atom is 0.223 e. The lowest BCUT2D eigenvalue weighted by atomic mass is 10.0. The summed E-state index contributed by atoms with van der Waals surface area (Å²) in [5.74, 6) is 1.83. The van der Waals surface area contributed by atoms with Gasteiger partial charge in [-0.15, -0.1) is 0 Å². The van der Waals surface area contributed by atoms with Gasteiger partial charge in [0.2, 0.25) is 5.91 Å². The van der Waals surface area contributed by atoms with E-state index >= 15 is 0 Å². The van der Waals surface area contributed by atoms with E-state index in [0.29, 0.717) is 6.42 Å². The van der Waals surface area contributed by atoms with Crippen molar-refractivity contribution in [2.24, 2.45) is 0 Å². The second-order valence-electron chi connectivity index (χ2n) is 5.98. The Labute approximate surface area is 147 Å². The Bertz CT molecular complexity index is 684. The molecule has 128 valence electrons. The maximum atomic E-state index is 12.7. The van der Waals surface area contributed by atoms with Crippen LogP contribution >= 0.6 is 11.3 Å². The molecule has 1 saturated heterocycles. The Hall–Kier alpha value is -2.01. The standard InChI is InChI=1S/C19H23NO3S/c1-22-15-6-7-18(23-2)16(12-15)17-4-3-10-20(17)19(21)8-5-14-9-11-24-13-14/h6-7,9,11-13,17H,3-5,8,10H2,1-2H3. The zero-order chi connectivity index (χ0) is 16.9. The summed E-state index contributed by atoms with van der Waals surface area (Å²) in [6, 6.07) is 7.96. The average Bonchev–Trinajstić information content (AvgIpc) is 3.30. The second-order valence-corrected chi connectivity index (χ2v) is 6.76. The summed E-state index contributed by atoms with van der Waals surface area (Å²) in [5.41, 5.74) is 2.28. The Kier molecular flexibility index (Phi) is 5.41. The van der Waals surface area contributed by atoms with Crippen LogP contribution in [0, 0.1) is 0 Å². The third-order valence-electron chi connectivity index (χ3n) is 4.58. The number of thiophene rings is 1. The number of ether oxygens (including phenoxy) is 2. The predicted molar refractivity (Wildman–Crippen MR) is 95.9 cm³/mol. The van der Waals surface area contributed by atoms with Crippen molar-refractivity contribution in [3.63, 3.8) is 0 Å². The molecule has 1 fully saturated rings. The number of carbonyl (C=O) groups is 1. The van der Waals surface area contributed by atoms with E-state index < -0.39 is 0 Å². The highest BCUT2D eigenvalue weighted by molar-refractivity contribution is 7.07. The molecule has 3 rings (SSSR count). The summed E-state index contributed by atoms with van der Waals surface area (Å²) in [6.07, 6.45) is 3.35. The first-order chi connectivity index (χ1) is 11.7. The molecule has 0 spiro atoms. The lowest BCUT2D eigenvalue weighted by molar-refractivity contribution is -0.132. The SMILES string of the molecule is COc1ccc(OC)c(C2CCCN2C(=O)CCc2ccsc2)c1. The largest absolute Gasteiger partial charge is 0.497 e. The van der Waals surface area contributed by atoms with E-state index in [1.807, 2.05) is 23.1 Å². The number of hydrogen-bond donors (Lipinski definition) is 0. The van der Waals surface area contributed by atoms with Crippen LogP contribution in [0.2, 0.25) is 0 Å². The first-order valence-electron chi connectivity index (χ1n) is 8.25. The monoisotopic (exact) mass is 345 g/mol. The van der Waals surface area contributed by atoms with Gasteiger partial charge in [-0.25, -0.2) is 0 Å². The van der Waals surface area contributed by atoms with E-state index in [0.717, 1.165) is 42.9 Å². The third-order valence-corrected chi connectivity index (χ3v) is 5.31. The molecule has 1 atom stereocenters. The molecular weight excluding hydrogens is 322 g/mol. The Morgan fingerprint density at radius 2 is 2.17 bits per heavy atom. The van der Waals surface area contributed by atoms with E-state index in [-0.39, 0.29) is 11.9 Å². The van der Waals surface area contributed by atoms with Gasteiger partial charge in [0.1, 0.15) is 11.5 Å². The van der Waals surface area contributed by atoms with Gasteiger partial charge in [0.25, 0.3) is 0 Å². The summed E-state index contributed by atoms with van der Waals surface area (Å²) in [5, 5.41) is 4.17. The second kappa shape index (κ2) is 7.71. The molecule has 0 saturated carbocycles. The first kappa shape index (κ1) is 16.8. The Balaban J connectivity index is 1.76. The number of likely N-dealkylation sites (tertiary alicyclic amines) is 1. The molecule has 1 amide bonds. The van der Waals surface area contributed by atoms with Crippen molar-refractivity contribution in [2.75, 3.05) is 20.8 Å². The van der Waals surface area contributed by atoms with E-state index in [1.165, 1.54) is 5.56 Å². The minimum atomic E-state index is 0.0741. The summed E-state index contributed by atoms with van der Waals surface area (Å²) >= 11 is 1.67. The highest BCUT2D eigenvalue weighted by Crippen LogP contribution is 2.39. The average molecular weight is 345 g/mol. The molecule has 5 heteroatoms. The van der Waals surface area contributed by atoms with Gasteiger partial charge in [-0.3, -0.25) is 4.79 Å². The highest BCUT2D eigenvalue weighted by atomic mass is 32.1. The van der Waals surface area contributed by atoms with Gasteiger partial charge in [0, 0.05) is 18.5 Å². The molecule has 2 aromatic rings. The minimum Gasteiger partial charge on any atom is -0.497 e. The maximum absolute atomic E-state index is 12.7. The number of benzene rings is 1. The molecule has 0 bridgehead atoms. The van der Waals surface area contributed by atoms with Crippen LogP contribution in [0.1, 0.15) is 36.4 Å². The molecule has 1 aliphatic heterocycles. The van der Waals surface area contributed by atoms with Crippen LogP contribution in [0.25, 0.3) is 0 Å². The van der Waals surface area contributed by atoms with Crippen LogP contribution in [-0.2, 0) is 11.2 Å². The minimum absolute atomic E-state index is 0.0741. The quantitative estimate of drug-likeness (QED) is 0.792. The van der Waals surface area contributed by atoms with Crippen molar-refractivity contribution in [3.05, 3.63) is 46.2 Å². The highest BCUT2D eigenvalue weighted by Gasteiger charge is 2.31. The smallest absolute Gasteiger partial charge is 0.223 e. The van der Waals surface area contributed by atoms with Crippen molar-refractivity contribution >= 4 is 17.2 Å². The van der Waals surface area contributed by atoms with Gasteiger partial charge < -0.3 is 14.4 Å². The van der Waals surface area contributed by atoms with Crippen molar-refractivity contribution in [1.29, 1.82) is 0 Å². The number of amides is 1. The Morgan fingerprint density at radius 3 is 2.88 bits per heavy atom. The van der Waals surface area contributed by atoms with Crippen LogP contribution in [0.4, 0.5) is 0 Å². The van der Waals surface area contributed by atoms with Crippen molar-refractivity contribution < 1.29 is 14.3 Å². The van der Waals surface area contributed by atoms with E-state index in [2.05, 4.69) is 16.8 Å². The Morgan fingerprint density at radius 1 is 1.29 bits per heavy atom. The van der Waals surface area contributed by atoms with E-state index in [1.54, 1.807) is 25.6 Å². The van der Waals surface area contributed by atoms with Gasteiger partial charge in [-0.2, -0.15) is 11.3 Å². The normalized spacial score (nSPS) is 17.1. The molecule has 4 nitrogen and oxygen atoms in total. The lowest BCUT2D eigenvalue weighted by Gasteiger charge is -2.26. The third kappa shape index (κ3) is 3.56. The van der Waals surface area contributed by atoms with Crippen molar-refractivity contribution in [3.8, 4) is 11.5 Å². The van der Waals surface area contributed by atoms with Crippen LogP contribution in [0.5, 0.6) is 11.5 Å². The first-order valence-corrected chi connectivity index (χ1v) is 9.19. The zero-order valence-electron chi connectivity index (χ0n) is 14.2. The van der Waals surface area contributed by atoms with Gasteiger partial charge >= 0.3 is 0 Å². The van der Waals surface area contributed by atoms with E-state index in [4.69, 9.17) is 9.47 Å². The lowest BCUT2D eigenvalue weighted by Crippen LogP contribution is -2.30. The number of methoxy groups -OCH3 is 2. The molecule has 2 heterocycles. The van der Waals surface area contributed by atoms with Gasteiger partial charge in [0.15, 0.2) is 0 Å². The molecular formula is C19H23NO3S. The molecule has 1 aromatic carbocycles. The molecule has 0 N–H and O–H groups in total. The predicted octanol–water partition coefficient (Wildman–Crippen LogP) is 4.06. The molecule has 1 aromatic heterocycles. The molecule has 24 heavy (non-hydrogen) atoms. The topological polar surface area (TPSA) is 38.8 Å². The van der Waals surface area contributed by atoms with Gasteiger partial charge in [-0.05, 0) is 59.9 Å². The summed E-state index contributed by atoms with van der Waals surface area (Å²) < 4.78 is 10.9. The summed E-state index contributed by atoms with van der Waals surface area (Å²) in [6.45, 7) is 0.813. The molecule has 0 aliphatic carbocycles. The van der Waals surface area contributed by atoms with Crippen LogP contribution in [0.3, 0.4) is 0 Å². The summed E-state index contributed by atoms with van der Waals surface area (Å²) in [7, 11) is 3.33. The van der Waals surface area contributed by atoms with Gasteiger partial charge in [0.05, 0.1) is 20.3 Å². The van der Waals surface area contributed by atoms with Crippen LogP contribution in [-0.4, -0.2) is 31.6 Å². The number of rotatable bonds is 6. The molecule has 1 unspecified atom stereocenters. The zero-order valence-corrected chi connectivity index (χ0v) is 15.0. The fourth-order valence-corrected chi connectivity index (χ4v) is 4.02.